The van der Waals surface area contributed by atoms with Crippen molar-refractivity contribution in [2.45, 2.75) is 43.5 Å². The lowest BCUT2D eigenvalue weighted by molar-refractivity contribution is 0.101. The number of aromatic nitrogens is 1. The number of nitrogens with zero attached hydrogens (tertiary/aromatic N) is 2. The number of carbonyl (C=O) groups is 1. The number of ketones is 1. The van der Waals surface area contributed by atoms with Gasteiger partial charge < -0.3 is 4.57 Å². The van der Waals surface area contributed by atoms with Crippen LogP contribution in [-0.4, -0.2) is 29.6 Å². The van der Waals surface area contributed by atoms with Crippen LogP contribution < -0.4 is 0 Å². The van der Waals surface area contributed by atoms with Crippen molar-refractivity contribution < 1.29 is 13.2 Å². The molecule has 0 radical (unpaired) electrons. The number of Topliss-reactive ketones (excluding diaryl/α,β-unsaturated/α-hetero) is 1. The molecular formula is C19H24N2O3S. The van der Waals surface area contributed by atoms with Gasteiger partial charge in [0.05, 0.1) is 10.9 Å². The highest BCUT2D eigenvalue weighted by Gasteiger charge is 2.34. The summed E-state index contributed by atoms with van der Waals surface area (Å²) >= 11 is 0. The number of sulfonamides is 1. The fraction of sp³-hybridized carbons (Fsp3) is 0.421. The first-order valence-electron chi connectivity index (χ1n) is 8.65. The molecule has 0 spiro atoms. The lowest BCUT2D eigenvalue weighted by Crippen LogP contribution is -2.35. The summed E-state index contributed by atoms with van der Waals surface area (Å²) in [5, 5.41) is 0. The fourth-order valence-corrected chi connectivity index (χ4v) is 5.15. The topological polar surface area (TPSA) is 59.4 Å². The molecule has 0 saturated carbocycles. The SMILES string of the molecule is CC(=O)c1ccc(S(=O)(=O)N2CCCCCC2c2cccn2C)cc1. The molecule has 1 unspecified atom stereocenters. The summed E-state index contributed by atoms with van der Waals surface area (Å²) in [4.78, 5) is 11.7. The van der Waals surface area contributed by atoms with E-state index < -0.39 is 10.0 Å². The summed E-state index contributed by atoms with van der Waals surface area (Å²) in [6.45, 7) is 2.00. The largest absolute Gasteiger partial charge is 0.353 e. The van der Waals surface area contributed by atoms with Crippen LogP contribution in [0.5, 0.6) is 0 Å². The van der Waals surface area contributed by atoms with Gasteiger partial charge in [-0.2, -0.15) is 4.31 Å². The highest BCUT2D eigenvalue weighted by molar-refractivity contribution is 7.89. The maximum absolute atomic E-state index is 13.3. The average Bonchev–Trinajstić information content (AvgIpc) is 2.86. The van der Waals surface area contributed by atoms with E-state index in [-0.39, 0.29) is 16.7 Å². The van der Waals surface area contributed by atoms with Crippen LogP contribution in [0.1, 0.15) is 54.7 Å². The monoisotopic (exact) mass is 360 g/mol. The zero-order chi connectivity index (χ0) is 18.0. The van der Waals surface area contributed by atoms with Gasteiger partial charge in [-0.05, 0) is 44.0 Å². The summed E-state index contributed by atoms with van der Waals surface area (Å²) < 4.78 is 30.2. The molecule has 1 aromatic carbocycles. The number of hydrogen-bond acceptors (Lipinski definition) is 3. The van der Waals surface area contributed by atoms with Crippen LogP contribution in [0, 0.1) is 0 Å². The lowest BCUT2D eigenvalue weighted by Gasteiger charge is -2.29. The van der Waals surface area contributed by atoms with Gasteiger partial charge in [-0.3, -0.25) is 4.79 Å². The van der Waals surface area contributed by atoms with Gasteiger partial charge in [0.25, 0.3) is 0 Å². The van der Waals surface area contributed by atoms with Crippen molar-refractivity contribution in [1.29, 1.82) is 0 Å². The van der Waals surface area contributed by atoms with Gasteiger partial charge in [-0.25, -0.2) is 8.42 Å². The predicted octanol–water partition coefficient (Wildman–Crippen LogP) is 3.53. The molecule has 0 bridgehead atoms. The molecule has 2 aromatic rings. The smallest absolute Gasteiger partial charge is 0.243 e. The molecule has 1 aliphatic rings. The summed E-state index contributed by atoms with van der Waals surface area (Å²) in [5.41, 5.74) is 1.54. The maximum Gasteiger partial charge on any atom is 0.243 e. The molecule has 2 heterocycles. The maximum atomic E-state index is 13.3. The van der Waals surface area contributed by atoms with E-state index in [1.165, 1.54) is 6.92 Å². The van der Waals surface area contributed by atoms with Gasteiger partial charge >= 0.3 is 0 Å². The van der Waals surface area contributed by atoms with Gasteiger partial charge in [0, 0.05) is 31.0 Å². The van der Waals surface area contributed by atoms with Crippen LogP contribution in [0.25, 0.3) is 0 Å². The molecule has 6 heteroatoms. The Hall–Kier alpha value is -1.92. The fourth-order valence-electron chi connectivity index (χ4n) is 3.48. The van der Waals surface area contributed by atoms with E-state index >= 15 is 0 Å². The Kier molecular flexibility index (Phi) is 5.11. The van der Waals surface area contributed by atoms with Gasteiger partial charge in [-0.1, -0.05) is 25.0 Å². The molecule has 1 fully saturated rings. The Labute approximate surface area is 149 Å². The Bertz CT molecular complexity index is 853. The van der Waals surface area contributed by atoms with Crippen molar-refractivity contribution in [3.05, 3.63) is 53.9 Å². The third kappa shape index (κ3) is 3.55. The second-order valence-electron chi connectivity index (χ2n) is 6.61. The number of benzene rings is 1. The first-order chi connectivity index (χ1) is 11.9. The van der Waals surface area contributed by atoms with Crippen LogP contribution in [0.4, 0.5) is 0 Å². The molecule has 25 heavy (non-hydrogen) atoms. The van der Waals surface area contributed by atoms with Gasteiger partial charge in [-0.15, -0.1) is 0 Å². The molecular weight excluding hydrogens is 336 g/mol. The second-order valence-corrected chi connectivity index (χ2v) is 8.50. The lowest BCUT2D eigenvalue weighted by atomic mass is 10.1. The second kappa shape index (κ2) is 7.14. The third-order valence-electron chi connectivity index (χ3n) is 4.90. The summed E-state index contributed by atoms with van der Waals surface area (Å²) in [5.74, 6) is -0.0691. The first kappa shape index (κ1) is 17.9. The molecule has 1 aliphatic heterocycles. The molecule has 1 aromatic heterocycles. The molecule has 5 nitrogen and oxygen atoms in total. The van der Waals surface area contributed by atoms with Gasteiger partial charge in [0.2, 0.25) is 10.0 Å². The standard InChI is InChI=1S/C19H24N2O3S/c1-15(22)16-9-11-17(12-10-16)25(23,24)21-14-5-3-4-7-19(21)18-8-6-13-20(18)2/h6,8-13,19H,3-5,7,14H2,1-2H3. The summed E-state index contributed by atoms with van der Waals surface area (Å²) in [7, 11) is -1.66. The number of carbonyl (C=O) groups excluding carboxylic acids is 1. The van der Waals surface area contributed by atoms with E-state index in [1.807, 2.05) is 29.9 Å². The molecule has 1 saturated heterocycles. The highest BCUT2D eigenvalue weighted by atomic mass is 32.2. The Morgan fingerprint density at radius 1 is 1.08 bits per heavy atom. The van der Waals surface area contributed by atoms with E-state index in [4.69, 9.17) is 0 Å². The summed E-state index contributed by atoms with van der Waals surface area (Å²) in [6.07, 6.45) is 5.70. The predicted molar refractivity (Wildman–Crippen MR) is 97.0 cm³/mol. The molecule has 0 amide bonds. The van der Waals surface area contributed by atoms with Gasteiger partial charge in [0.15, 0.2) is 5.78 Å². The highest BCUT2D eigenvalue weighted by Crippen LogP contribution is 2.34. The van der Waals surface area contributed by atoms with E-state index in [2.05, 4.69) is 0 Å². The zero-order valence-electron chi connectivity index (χ0n) is 14.7. The molecule has 134 valence electrons. The van der Waals surface area contributed by atoms with E-state index in [1.54, 1.807) is 28.6 Å². The normalized spacial score (nSPS) is 19.5. The number of aryl methyl sites for hydroxylation is 1. The Morgan fingerprint density at radius 3 is 2.40 bits per heavy atom. The van der Waals surface area contributed by atoms with Gasteiger partial charge in [0.1, 0.15) is 0 Å². The van der Waals surface area contributed by atoms with Crippen molar-refractivity contribution in [1.82, 2.24) is 8.87 Å². The molecule has 0 N–H and O–H groups in total. The third-order valence-corrected chi connectivity index (χ3v) is 6.82. The van der Waals surface area contributed by atoms with E-state index in [0.717, 1.165) is 31.4 Å². The zero-order valence-corrected chi connectivity index (χ0v) is 15.5. The molecule has 1 atom stereocenters. The quantitative estimate of drug-likeness (QED) is 0.784. The number of hydrogen-bond donors (Lipinski definition) is 0. The van der Waals surface area contributed by atoms with Crippen LogP contribution >= 0.6 is 0 Å². The molecule has 3 rings (SSSR count). The minimum Gasteiger partial charge on any atom is -0.353 e. The van der Waals surface area contributed by atoms with Crippen molar-refractivity contribution in [2.24, 2.45) is 7.05 Å². The first-order valence-corrected chi connectivity index (χ1v) is 10.1. The minimum absolute atomic E-state index is 0.0691. The van der Waals surface area contributed by atoms with Crippen molar-refractivity contribution in [3.8, 4) is 0 Å². The molecule has 0 aliphatic carbocycles. The van der Waals surface area contributed by atoms with Crippen LogP contribution in [0.3, 0.4) is 0 Å². The van der Waals surface area contributed by atoms with Crippen LogP contribution in [0.15, 0.2) is 47.5 Å². The Balaban J connectivity index is 2.00. The average molecular weight is 360 g/mol. The van der Waals surface area contributed by atoms with Crippen LogP contribution in [0.2, 0.25) is 0 Å². The number of rotatable bonds is 4. The van der Waals surface area contributed by atoms with Crippen molar-refractivity contribution in [3.63, 3.8) is 0 Å². The Morgan fingerprint density at radius 2 is 1.80 bits per heavy atom. The van der Waals surface area contributed by atoms with Crippen molar-refractivity contribution >= 4 is 15.8 Å². The van der Waals surface area contributed by atoms with Crippen molar-refractivity contribution in [2.75, 3.05) is 6.54 Å². The van der Waals surface area contributed by atoms with E-state index in [0.29, 0.717) is 12.1 Å². The van der Waals surface area contributed by atoms with E-state index in [9.17, 15) is 13.2 Å². The minimum atomic E-state index is -3.61. The summed E-state index contributed by atoms with van der Waals surface area (Å²) in [6, 6.07) is 10.1. The van der Waals surface area contributed by atoms with Crippen LogP contribution in [-0.2, 0) is 17.1 Å².